The predicted molar refractivity (Wildman–Crippen MR) is 68.6 cm³/mol. The fourth-order valence-corrected chi connectivity index (χ4v) is 2.27. The molecule has 4 heteroatoms. The molecular weight excluding hydrogens is 238 g/mol. The smallest absolute Gasteiger partial charge is 0.137 e. The molecule has 1 aliphatic rings. The zero-order chi connectivity index (χ0) is 12.1. The van der Waals surface area contributed by atoms with Gasteiger partial charge in [0.2, 0.25) is 0 Å². The third-order valence-electron chi connectivity index (χ3n) is 3.00. The van der Waals surface area contributed by atoms with Crippen molar-refractivity contribution in [2.75, 3.05) is 26.9 Å². The maximum absolute atomic E-state index is 6.06. The molecule has 1 heterocycles. The van der Waals surface area contributed by atoms with E-state index in [-0.39, 0.29) is 0 Å². The molecule has 0 spiro atoms. The lowest BCUT2D eigenvalue weighted by Crippen LogP contribution is -2.22. The van der Waals surface area contributed by atoms with Gasteiger partial charge in [-0.1, -0.05) is 17.7 Å². The van der Waals surface area contributed by atoms with Gasteiger partial charge in [-0.15, -0.1) is 0 Å². The van der Waals surface area contributed by atoms with Crippen molar-refractivity contribution < 1.29 is 9.47 Å². The predicted octanol–water partition coefficient (Wildman–Crippen LogP) is 2.47. The molecule has 1 N–H and O–H groups in total. The summed E-state index contributed by atoms with van der Waals surface area (Å²) in [5.74, 6) is 1.38. The number of ether oxygens (including phenoxy) is 2. The molecule has 1 fully saturated rings. The average molecular weight is 256 g/mol. The Hall–Kier alpha value is -0.770. The van der Waals surface area contributed by atoms with E-state index in [1.165, 1.54) is 5.56 Å². The summed E-state index contributed by atoms with van der Waals surface area (Å²) >= 11 is 6.06. The summed E-state index contributed by atoms with van der Waals surface area (Å²) in [6.07, 6.45) is 1.16. The molecule has 0 amide bonds. The largest absolute Gasteiger partial charge is 0.495 e. The Balaban J connectivity index is 1.80. The van der Waals surface area contributed by atoms with E-state index >= 15 is 0 Å². The molecule has 1 atom stereocenters. The van der Waals surface area contributed by atoms with E-state index in [0.717, 1.165) is 38.5 Å². The highest BCUT2D eigenvalue weighted by Gasteiger charge is 2.14. The lowest BCUT2D eigenvalue weighted by Gasteiger charge is -2.10. The fraction of sp³-hybridized carbons (Fsp3) is 0.538. The van der Waals surface area contributed by atoms with Gasteiger partial charge in [0, 0.05) is 19.7 Å². The first-order valence-corrected chi connectivity index (χ1v) is 6.28. The molecule has 0 saturated carbocycles. The molecule has 0 bridgehead atoms. The molecular formula is C13H18ClNO2. The van der Waals surface area contributed by atoms with Gasteiger partial charge < -0.3 is 14.8 Å². The van der Waals surface area contributed by atoms with E-state index in [0.29, 0.717) is 10.9 Å². The second kappa shape index (κ2) is 6.24. The molecule has 2 rings (SSSR count). The molecule has 0 aromatic heterocycles. The molecule has 1 saturated heterocycles. The lowest BCUT2D eigenvalue weighted by atomic mass is 10.1. The van der Waals surface area contributed by atoms with Crippen molar-refractivity contribution in [3.05, 3.63) is 28.8 Å². The molecule has 17 heavy (non-hydrogen) atoms. The van der Waals surface area contributed by atoms with Gasteiger partial charge in [-0.25, -0.2) is 0 Å². The number of benzene rings is 1. The monoisotopic (exact) mass is 255 g/mol. The Labute approximate surface area is 107 Å². The molecule has 0 radical (unpaired) electrons. The quantitative estimate of drug-likeness (QED) is 0.877. The van der Waals surface area contributed by atoms with Gasteiger partial charge in [0.15, 0.2) is 0 Å². The summed E-state index contributed by atoms with van der Waals surface area (Å²) in [5.41, 5.74) is 1.18. The molecule has 94 valence electrons. The number of hydrogen-bond acceptors (Lipinski definition) is 3. The van der Waals surface area contributed by atoms with Crippen LogP contribution in [0.15, 0.2) is 18.2 Å². The van der Waals surface area contributed by atoms with Gasteiger partial charge >= 0.3 is 0 Å². The summed E-state index contributed by atoms with van der Waals surface area (Å²) in [6, 6.07) is 5.87. The van der Waals surface area contributed by atoms with Crippen molar-refractivity contribution in [2.45, 2.75) is 13.0 Å². The molecule has 3 nitrogen and oxygen atoms in total. The van der Waals surface area contributed by atoms with Gasteiger partial charge in [0.25, 0.3) is 0 Å². The van der Waals surface area contributed by atoms with Crippen LogP contribution in [0.5, 0.6) is 5.75 Å². The van der Waals surface area contributed by atoms with Gasteiger partial charge in [-0.3, -0.25) is 0 Å². The number of nitrogens with one attached hydrogen (secondary N) is 1. The van der Waals surface area contributed by atoms with E-state index in [1.807, 2.05) is 18.2 Å². The topological polar surface area (TPSA) is 30.5 Å². The van der Waals surface area contributed by atoms with Crippen molar-refractivity contribution in [3.63, 3.8) is 0 Å². The van der Waals surface area contributed by atoms with Crippen LogP contribution in [0.1, 0.15) is 12.0 Å². The fourth-order valence-electron chi connectivity index (χ4n) is 1.98. The SMILES string of the molecule is COc1ccc(CNCC2CCOC2)cc1Cl. The average Bonchev–Trinajstić information content (AvgIpc) is 2.82. The molecule has 1 aromatic rings. The summed E-state index contributed by atoms with van der Waals surface area (Å²) in [4.78, 5) is 0. The molecule has 0 aliphatic carbocycles. The van der Waals surface area contributed by atoms with Crippen LogP contribution in [0, 0.1) is 5.92 Å². The number of methoxy groups -OCH3 is 1. The minimum absolute atomic E-state index is 0.656. The third-order valence-corrected chi connectivity index (χ3v) is 3.30. The highest BCUT2D eigenvalue weighted by atomic mass is 35.5. The Bertz CT molecular complexity index is 364. The first kappa shape index (κ1) is 12.7. The highest BCUT2D eigenvalue weighted by molar-refractivity contribution is 6.32. The number of halogens is 1. The summed E-state index contributed by atoms with van der Waals surface area (Å²) in [6.45, 7) is 3.63. The second-order valence-corrected chi connectivity index (χ2v) is 4.74. The molecule has 1 aromatic carbocycles. The van der Waals surface area contributed by atoms with Crippen LogP contribution in [-0.4, -0.2) is 26.9 Å². The summed E-state index contributed by atoms with van der Waals surface area (Å²) in [7, 11) is 1.62. The standard InChI is InChI=1S/C13H18ClNO2/c1-16-13-3-2-10(6-12(13)14)7-15-8-11-4-5-17-9-11/h2-3,6,11,15H,4-5,7-9H2,1H3. The molecule has 1 aliphatic heterocycles. The van der Waals surface area contributed by atoms with Crippen LogP contribution in [0.25, 0.3) is 0 Å². The van der Waals surface area contributed by atoms with Crippen molar-refractivity contribution in [1.82, 2.24) is 5.32 Å². The Morgan fingerprint density at radius 1 is 1.53 bits per heavy atom. The van der Waals surface area contributed by atoms with Crippen LogP contribution in [0.4, 0.5) is 0 Å². The zero-order valence-corrected chi connectivity index (χ0v) is 10.8. The van der Waals surface area contributed by atoms with E-state index in [9.17, 15) is 0 Å². The minimum Gasteiger partial charge on any atom is -0.495 e. The summed E-state index contributed by atoms with van der Waals surface area (Å²) < 4.78 is 10.4. The van der Waals surface area contributed by atoms with E-state index in [4.69, 9.17) is 21.1 Å². The van der Waals surface area contributed by atoms with Gasteiger partial charge in [-0.2, -0.15) is 0 Å². The van der Waals surface area contributed by atoms with E-state index in [1.54, 1.807) is 7.11 Å². The van der Waals surface area contributed by atoms with Crippen LogP contribution in [0.2, 0.25) is 5.02 Å². The first-order chi connectivity index (χ1) is 8.29. The maximum atomic E-state index is 6.06. The Morgan fingerprint density at radius 2 is 2.41 bits per heavy atom. The second-order valence-electron chi connectivity index (χ2n) is 4.33. The number of rotatable bonds is 5. The Kier molecular flexibility index (Phi) is 4.66. The van der Waals surface area contributed by atoms with Crippen LogP contribution in [-0.2, 0) is 11.3 Å². The van der Waals surface area contributed by atoms with Crippen LogP contribution >= 0.6 is 11.6 Å². The minimum atomic E-state index is 0.656. The normalized spacial score (nSPS) is 19.5. The van der Waals surface area contributed by atoms with Gasteiger partial charge in [-0.05, 0) is 30.0 Å². The van der Waals surface area contributed by atoms with Crippen LogP contribution < -0.4 is 10.1 Å². The van der Waals surface area contributed by atoms with Crippen molar-refractivity contribution in [2.24, 2.45) is 5.92 Å². The van der Waals surface area contributed by atoms with Gasteiger partial charge in [0.1, 0.15) is 5.75 Å². The first-order valence-electron chi connectivity index (χ1n) is 5.90. The lowest BCUT2D eigenvalue weighted by molar-refractivity contribution is 0.185. The summed E-state index contributed by atoms with van der Waals surface area (Å²) in [5, 5.41) is 4.09. The van der Waals surface area contributed by atoms with Crippen molar-refractivity contribution >= 4 is 11.6 Å². The maximum Gasteiger partial charge on any atom is 0.137 e. The van der Waals surface area contributed by atoms with Crippen molar-refractivity contribution in [1.29, 1.82) is 0 Å². The Morgan fingerprint density at radius 3 is 3.06 bits per heavy atom. The highest BCUT2D eigenvalue weighted by Crippen LogP contribution is 2.24. The van der Waals surface area contributed by atoms with Crippen molar-refractivity contribution in [3.8, 4) is 5.75 Å². The van der Waals surface area contributed by atoms with E-state index in [2.05, 4.69) is 5.32 Å². The van der Waals surface area contributed by atoms with Crippen LogP contribution in [0.3, 0.4) is 0 Å². The van der Waals surface area contributed by atoms with Gasteiger partial charge in [0.05, 0.1) is 18.7 Å². The number of hydrogen-bond donors (Lipinski definition) is 1. The zero-order valence-electron chi connectivity index (χ0n) is 10.0. The molecule has 1 unspecified atom stereocenters. The third kappa shape index (κ3) is 3.60. The van der Waals surface area contributed by atoms with E-state index < -0.39 is 0 Å².